The highest BCUT2D eigenvalue weighted by Crippen LogP contribution is 2.31. The molecule has 1 aliphatic heterocycles. The molecule has 4 heteroatoms. The molecule has 2 N–H and O–H groups in total. The van der Waals surface area contributed by atoms with Crippen LogP contribution in [0.1, 0.15) is 48.7 Å². The third-order valence-corrected chi connectivity index (χ3v) is 6.08. The molecule has 142 valence electrons. The number of nitrogens with one attached hydrogen (secondary N) is 2. The van der Waals surface area contributed by atoms with Gasteiger partial charge < -0.3 is 14.6 Å². The van der Waals surface area contributed by atoms with Crippen LogP contribution in [-0.4, -0.2) is 31.6 Å². The van der Waals surface area contributed by atoms with Gasteiger partial charge in [-0.15, -0.1) is 0 Å². The lowest BCUT2D eigenvalue weighted by atomic mass is 10.0. The molecule has 1 saturated heterocycles. The maximum absolute atomic E-state index is 12.7. The van der Waals surface area contributed by atoms with E-state index in [0.29, 0.717) is 12.3 Å². The first-order chi connectivity index (χ1) is 13.1. The summed E-state index contributed by atoms with van der Waals surface area (Å²) in [4.78, 5) is 14.4. The Bertz CT molecular complexity index is 960. The Morgan fingerprint density at radius 3 is 2.89 bits per heavy atom. The van der Waals surface area contributed by atoms with Crippen LogP contribution in [0.4, 0.5) is 0 Å². The summed E-state index contributed by atoms with van der Waals surface area (Å²) >= 11 is 0. The van der Waals surface area contributed by atoms with Crippen molar-refractivity contribution in [1.29, 1.82) is 0 Å². The highest BCUT2D eigenvalue weighted by molar-refractivity contribution is 6.08. The molecule has 0 spiro atoms. The van der Waals surface area contributed by atoms with Crippen LogP contribution in [0.3, 0.4) is 0 Å². The van der Waals surface area contributed by atoms with E-state index in [1.807, 2.05) is 31.2 Å². The van der Waals surface area contributed by atoms with Gasteiger partial charge >= 0.3 is 0 Å². The Kier molecular flexibility index (Phi) is 5.17. The number of quaternary nitrogens is 1. The molecule has 2 atom stereocenters. The molecule has 1 aromatic heterocycles. The minimum atomic E-state index is -0.102. The maximum atomic E-state index is 12.7. The zero-order chi connectivity index (χ0) is 18.8. The van der Waals surface area contributed by atoms with Gasteiger partial charge in [0.1, 0.15) is 5.58 Å². The predicted molar refractivity (Wildman–Crippen MR) is 109 cm³/mol. The Labute approximate surface area is 160 Å². The van der Waals surface area contributed by atoms with Gasteiger partial charge in [0.05, 0.1) is 19.1 Å². The number of amides is 1. The fourth-order valence-electron chi connectivity index (χ4n) is 4.39. The van der Waals surface area contributed by atoms with Crippen molar-refractivity contribution in [3.63, 3.8) is 0 Å². The molecule has 1 aliphatic rings. The summed E-state index contributed by atoms with van der Waals surface area (Å²) in [5.41, 5.74) is 1.73. The van der Waals surface area contributed by atoms with Gasteiger partial charge in [-0.05, 0) is 38.5 Å². The van der Waals surface area contributed by atoms with E-state index in [0.717, 1.165) is 46.3 Å². The number of benzene rings is 2. The highest BCUT2D eigenvalue weighted by Gasteiger charge is 2.22. The fraction of sp³-hybridized carbons (Fsp3) is 0.435. The Morgan fingerprint density at radius 1 is 1.19 bits per heavy atom. The van der Waals surface area contributed by atoms with Crippen LogP contribution in [0.25, 0.3) is 21.7 Å². The monoisotopic (exact) mass is 365 g/mol. The number of aryl methyl sites for hydroxylation is 1. The van der Waals surface area contributed by atoms with Crippen LogP contribution in [0.5, 0.6) is 0 Å². The second kappa shape index (κ2) is 7.73. The minimum absolute atomic E-state index is 0.102. The molecule has 3 aromatic rings. The van der Waals surface area contributed by atoms with E-state index in [4.69, 9.17) is 4.42 Å². The summed E-state index contributed by atoms with van der Waals surface area (Å²) in [5.74, 6) is 0.342. The fourth-order valence-corrected chi connectivity index (χ4v) is 4.39. The van der Waals surface area contributed by atoms with E-state index in [1.54, 1.807) is 4.90 Å². The summed E-state index contributed by atoms with van der Waals surface area (Å²) in [5, 5.41) is 6.26. The predicted octanol–water partition coefficient (Wildman–Crippen LogP) is 3.47. The van der Waals surface area contributed by atoms with E-state index in [9.17, 15) is 4.79 Å². The Balaban J connectivity index is 1.43. The van der Waals surface area contributed by atoms with Crippen molar-refractivity contribution in [1.82, 2.24) is 5.32 Å². The smallest absolute Gasteiger partial charge is 0.287 e. The first-order valence-corrected chi connectivity index (χ1v) is 10.2. The molecular formula is C23H29N2O2+. The number of carbonyl (C=O) groups is 1. The number of carbonyl (C=O) groups excluding carboxylic acids is 1. The van der Waals surface area contributed by atoms with Gasteiger partial charge in [-0.3, -0.25) is 4.79 Å². The average Bonchev–Trinajstić information content (AvgIpc) is 3.03. The third kappa shape index (κ3) is 3.59. The number of furan rings is 1. The van der Waals surface area contributed by atoms with Crippen molar-refractivity contribution in [2.24, 2.45) is 0 Å². The molecule has 4 nitrogen and oxygen atoms in total. The van der Waals surface area contributed by atoms with Gasteiger partial charge in [0.2, 0.25) is 0 Å². The number of rotatable bonds is 5. The first-order valence-electron chi connectivity index (χ1n) is 10.2. The normalized spacial score (nSPS) is 20.2. The molecule has 1 unspecified atom stereocenters. The van der Waals surface area contributed by atoms with Gasteiger partial charge in [-0.1, -0.05) is 36.4 Å². The topological polar surface area (TPSA) is 46.7 Å². The number of likely N-dealkylation sites (tertiary alicyclic amines) is 1. The summed E-state index contributed by atoms with van der Waals surface area (Å²) in [7, 11) is 0. The molecule has 2 heterocycles. The molecule has 0 saturated carbocycles. The quantitative estimate of drug-likeness (QED) is 0.680. The number of hydrogen-bond donors (Lipinski definition) is 2. The summed E-state index contributed by atoms with van der Waals surface area (Å²) < 4.78 is 6.02. The highest BCUT2D eigenvalue weighted by atomic mass is 16.3. The molecule has 27 heavy (non-hydrogen) atoms. The summed E-state index contributed by atoms with van der Waals surface area (Å²) in [6.07, 6.45) is 5.03. The number of fused-ring (bicyclic) bond motifs is 3. The second-order valence-electron chi connectivity index (χ2n) is 7.88. The van der Waals surface area contributed by atoms with Crippen molar-refractivity contribution in [3.05, 3.63) is 47.7 Å². The average molecular weight is 365 g/mol. The molecule has 4 rings (SSSR count). The largest absolute Gasteiger partial charge is 0.450 e. The molecule has 0 radical (unpaired) electrons. The van der Waals surface area contributed by atoms with Crippen molar-refractivity contribution < 1.29 is 14.1 Å². The molecule has 0 aliphatic carbocycles. The van der Waals surface area contributed by atoms with E-state index >= 15 is 0 Å². The lowest BCUT2D eigenvalue weighted by Crippen LogP contribution is -3.16. The first kappa shape index (κ1) is 18.1. The lowest BCUT2D eigenvalue weighted by Gasteiger charge is -2.30. The maximum Gasteiger partial charge on any atom is 0.287 e. The minimum Gasteiger partial charge on any atom is -0.450 e. The van der Waals surface area contributed by atoms with Crippen LogP contribution in [0, 0.1) is 6.92 Å². The van der Waals surface area contributed by atoms with E-state index < -0.39 is 0 Å². The molecule has 1 fully saturated rings. The summed E-state index contributed by atoms with van der Waals surface area (Å²) in [6.45, 7) is 7.41. The molecule has 0 bridgehead atoms. The Morgan fingerprint density at radius 2 is 2.04 bits per heavy atom. The number of piperidine rings is 1. The van der Waals surface area contributed by atoms with E-state index in [2.05, 4.69) is 24.4 Å². The SMILES string of the molecule is Cc1c(C(=O)NCCC[NH+]2CCCC[C@@H]2C)oc2c1ccc1ccccc12. The van der Waals surface area contributed by atoms with Crippen LogP contribution >= 0.6 is 0 Å². The third-order valence-electron chi connectivity index (χ3n) is 6.08. The Hall–Kier alpha value is -2.33. The van der Waals surface area contributed by atoms with Gasteiger partial charge in [0.15, 0.2) is 5.76 Å². The van der Waals surface area contributed by atoms with Gasteiger partial charge in [-0.25, -0.2) is 0 Å². The molecule has 2 aromatic carbocycles. The zero-order valence-electron chi connectivity index (χ0n) is 16.3. The van der Waals surface area contributed by atoms with Gasteiger partial charge in [-0.2, -0.15) is 0 Å². The number of hydrogen-bond acceptors (Lipinski definition) is 2. The van der Waals surface area contributed by atoms with Crippen LogP contribution in [-0.2, 0) is 0 Å². The van der Waals surface area contributed by atoms with Crippen molar-refractivity contribution >= 4 is 27.6 Å². The standard InChI is InChI=1S/C23H28N2O2/c1-16-8-5-6-14-25(16)15-7-13-24-23(26)21-17(2)19-12-11-18-9-3-4-10-20(18)22(19)27-21/h3-4,9-12,16H,5-8,13-15H2,1-2H3,(H,24,26)/p+1/t16-/m0/s1. The van der Waals surface area contributed by atoms with Crippen molar-refractivity contribution in [2.45, 2.75) is 45.6 Å². The molecular weight excluding hydrogens is 336 g/mol. The van der Waals surface area contributed by atoms with E-state index in [1.165, 1.54) is 25.8 Å². The second-order valence-corrected chi connectivity index (χ2v) is 7.88. The van der Waals surface area contributed by atoms with Crippen molar-refractivity contribution in [3.8, 4) is 0 Å². The van der Waals surface area contributed by atoms with Crippen LogP contribution in [0.2, 0.25) is 0 Å². The lowest BCUT2D eigenvalue weighted by molar-refractivity contribution is -0.928. The zero-order valence-corrected chi connectivity index (χ0v) is 16.3. The van der Waals surface area contributed by atoms with Crippen LogP contribution < -0.4 is 10.2 Å². The van der Waals surface area contributed by atoms with Gasteiger partial charge in [0.25, 0.3) is 5.91 Å². The molecule has 1 amide bonds. The van der Waals surface area contributed by atoms with Crippen molar-refractivity contribution in [2.75, 3.05) is 19.6 Å². The van der Waals surface area contributed by atoms with E-state index in [-0.39, 0.29) is 5.91 Å². The summed E-state index contributed by atoms with van der Waals surface area (Å²) in [6, 6.07) is 13.0. The van der Waals surface area contributed by atoms with Gasteiger partial charge in [0, 0.05) is 29.3 Å². The van der Waals surface area contributed by atoms with Crippen LogP contribution in [0.15, 0.2) is 40.8 Å².